The van der Waals surface area contributed by atoms with Crippen LogP contribution in [0, 0.1) is 0 Å². The molecule has 6 nitrogen and oxygen atoms in total. The zero-order valence-corrected chi connectivity index (χ0v) is 13.1. The van der Waals surface area contributed by atoms with Crippen LogP contribution in [0.2, 0.25) is 0 Å². The van der Waals surface area contributed by atoms with Crippen molar-refractivity contribution in [2.45, 2.75) is 0 Å². The van der Waals surface area contributed by atoms with Gasteiger partial charge in [0, 0.05) is 6.07 Å². The highest BCUT2D eigenvalue weighted by molar-refractivity contribution is 9.10. The third-order valence-electron chi connectivity index (χ3n) is 3.08. The largest absolute Gasteiger partial charge is 0.504 e. The van der Waals surface area contributed by atoms with E-state index < -0.39 is 11.7 Å². The Morgan fingerprint density at radius 2 is 1.96 bits per heavy atom. The van der Waals surface area contributed by atoms with Crippen LogP contribution in [0.1, 0.15) is 10.4 Å². The molecule has 23 heavy (non-hydrogen) atoms. The Morgan fingerprint density at radius 3 is 2.65 bits per heavy atom. The van der Waals surface area contributed by atoms with Crippen LogP contribution in [-0.2, 0) is 0 Å². The van der Waals surface area contributed by atoms with E-state index in [1.165, 1.54) is 18.3 Å². The topological polar surface area (TPSA) is 92.8 Å². The first-order valence-electron chi connectivity index (χ1n) is 6.50. The number of carbonyl (C=O) groups excluding carboxylic acids is 1. The van der Waals surface area contributed by atoms with Gasteiger partial charge >= 0.3 is 5.97 Å². The standard InChI is InChI=1S/C16H10BrNO5/c17-11-3-1-2-10(14-6-7-18-23-14)15(11)22-16(21)9-4-5-12(19)13(20)8-9/h1-8,19-20H. The van der Waals surface area contributed by atoms with E-state index in [2.05, 4.69) is 21.1 Å². The lowest BCUT2D eigenvalue weighted by Gasteiger charge is -2.10. The van der Waals surface area contributed by atoms with Crippen molar-refractivity contribution in [3.8, 4) is 28.6 Å². The Morgan fingerprint density at radius 1 is 1.13 bits per heavy atom. The highest BCUT2D eigenvalue weighted by Crippen LogP contribution is 2.37. The average molecular weight is 376 g/mol. The van der Waals surface area contributed by atoms with Crippen LogP contribution < -0.4 is 4.74 Å². The molecule has 0 radical (unpaired) electrons. The number of hydrogen-bond donors (Lipinski definition) is 2. The van der Waals surface area contributed by atoms with E-state index in [9.17, 15) is 15.0 Å². The molecule has 7 heteroatoms. The van der Waals surface area contributed by atoms with Crippen molar-refractivity contribution in [2.24, 2.45) is 0 Å². The summed E-state index contributed by atoms with van der Waals surface area (Å²) in [5, 5.41) is 22.4. The molecule has 0 spiro atoms. The van der Waals surface area contributed by atoms with Crippen LogP contribution in [0.5, 0.6) is 17.2 Å². The third kappa shape index (κ3) is 3.04. The molecule has 0 aliphatic carbocycles. The van der Waals surface area contributed by atoms with E-state index in [1.54, 1.807) is 24.3 Å². The monoisotopic (exact) mass is 375 g/mol. The number of para-hydroxylation sites is 1. The summed E-state index contributed by atoms with van der Waals surface area (Å²) in [6, 6.07) is 10.5. The summed E-state index contributed by atoms with van der Waals surface area (Å²) in [4.78, 5) is 12.3. The number of phenols is 2. The van der Waals surface area contributed by atoms with Gasteiger partial charge in [0.25, 0.3) is 0 Å². The van der Waals surface area contributed by atoms with E-state index in [0.29, 0.717) is 15.8 Å². The second-order valence-corrected chi connectivity index (χ2v) is 5.44. The van der Waals surface area contributed by atoms with E-state index in [0.717, 1.165) is 6.07 Å². The smallest absolute Gasteiger partial charge is 0.343 e. The highest BCUT2D eigenvalue weighted by atomic mass is 79.9. The van der Waals surface area contributed by atoms with Crippen LogP contribution in [-0.4, -0.2) is 21.3 Å². The number of halogens is 1. The Bertz CT molecular complexity index is 861. The average Bonchev–Trinajstić information content (AvgIpc) is 3.06. The molecule has 1 heterocycles. The number of ether oxygens (including phenoxy) is 1. The van der Waals surface area contributed by atoms with Gasteiger partial charge in [-0.3, -0.25) is 0 Å². The number of rotatable bonds is 3. The lowest BCUT2D eigenvalue weighted by Crippen LogP contribution is -2.09. The fourth-order valence-corrected chi connectivity index (χ4v) is 2.41. The van der Waals surface area contributed by atoms with Crippen molar-refractivity contribution in [1.29, 1.82) is 0 Å². The van der Waals surface area contributed by atoms with Gasteiger partial charge in [-0.25, -0.2) is 4.79 Å². The zero-order valence-electron chi connectivity index (χ0n) is 11.6. The molecule has 0 bridgehead atoms. The quantitative estimate of drug-likeness (QED) is 0.411. The molecule has 3 rings (SSSR count). The number of phenolic OH excluding ortho intramolecular Hbond substituents is 2. The van der Waals surface area contributed by atoms with Crippen LogP contribution in [0.25, 0.3) is 11.3 Å². The lowest BCUT2D eigenvalue weighted by molar-refractivity contribution is 0.0733. The van der Waals surface area contributed by atoms with Gasteiger partial charge in [0.2, 0.25) is 0 Å². The van der Waals surface area contributed by atoms with Crippen molar-refractivity contribution >= 4 is 21.9 Å². The number of benzene rings is 2. The van der Waals surface area contributed by atoms with Crippen LogP contribution >= 0.6 is 15.9 Å². The summed E-state index contributed by atoms with van der Waals surface area (Å²) < 4.78 is 11.1. The van der Waals surface area contributed by atoms with E-state index >= 15 is 0 Å². The summed E-state index contributed by atoms with van der Waals surface area (Å²) in [5.74, 6) is -0.691. The lowest BCUT2D eigenvalue weighted by atomic mass is 10.1. The second-order valence-electron chi connectivity index (χ2n) is 4.59. The first-order chi connectivity index (χ1) is 11.1. The Kier molecular flexibility index (Phi) is 4.03. The third-order valence-corrected chi connectivity index (χ3v) is 3.70. The van der Waals surface area contributed by atoms with E-state index in [-0.39, 0.29) is 17.1 Å². The fraction of sp³-hybridized carbons (Fsp3) is 0. The molecule has 0 saturated heterocycles. The minimum absolute atomic E-state index is 0.0968. The molecule has 0 amide bonds. The van der Waals surface area contributed by atoms with Crippen molar-refractivity contribution in [3.05, 3.63) is 58.7 Å². The molecule has 2 N–H and O–H groups in total. The van der Waals surface area contributed by atoms with Crippen molar-refractivity contribution in [3.63, 3.8) is 0 Å². The zero-order chi connectivity index (χ0) is 16.4. The first-order valence-corrected chi connectivity index (χ1v) is 7.29. The molecule has 1 aromatic heterocycles. The van der Waals surface area contributed by atoms with Crippen LogP contribution in [0.4, 0.5) is 0 Å². The molecular weight excluding hydrogens is 366 g/mol. The van der Waals surface area contributed by atoms with Gasteiger partial charge in [-0.15, -0.1) is 0 Å². The molecule has 0 saturated carbocycles. The van der Waals surface area contributed by atoms with E-state index in [4.69, 9.17) is 9.26 Å². The SMILES string of the molecule is O=C(Oc1c(Br)cccc1-c1ccno1)c1ccc(O)c(O)c1. The molecule has 0 aliphatic rings. The molecule has 0 atom stereocenters. The van der Waals surface area contributed by atoms with Gasteiger partial charge in [0.15, 0.2) is 23.0 Å². The van der Waals surface area contributed by atoms with E-state index in [1.807, 2.05) is 0 Å². The first kappa shape index (κ1) is 15.1. The molecule has 0 aliphatic heterocycles. The van der Waals surface area contributed by atoms with Gasteiger partial charge in [-0.1, -0.05) is 11.2 Å². The summed E-state index contributed by atoms with van der Waals surface area (Å²) in [7, 11) is 0. The number of carbonyl (C=O) groups is 1. The van der Waals surface area contributed by atoms with Gasteiger partial charge in [-0.05, 0) is 46.3 Å². The van der Waals surface area contributed by atoms with Gasteiger partial charge in [0.05, 0.1) is 21.8 Å². The maximum Gasteiger partial charge on any atom is 0.343 e. The fourth-order valence-electron chi connectivity index (χ4n) is 1.96. The van der Waals surface area contributed by atoms with Gasteiger partial charge in [0.1, 0.15) is 0 Å². The summed E-state index contributed by atoms with van der Waals surface area (Å²) in [5.41, 5.74) is 0.646. The van der Waals surface area contributed by atoms with Crippen molar-refractivity contribution < 1.29 is 24.3 Å². The predicted octanol–water partition coefficient (Wildman–Crippen LogP) is 3.73. The number of esters is 1. The number of hydrogen-bond acceptors (Lipinski definition) is 6. The van der Waals surface area contributed by atoms with Crippen molar-refractivity contribution in [2.75, 3.05) is 0 Å². The summed E-state index contributed by atoms with van der Waals surface area (Å²) in [6.07, 6.45) is 1.49. The maximum atomic E-state index is 12.3. The van der Waals surface area contributed by atoms with Gasteiger partial charge in [-0.2, -0.15) is 0 Å². The maximum absolute atomic E-state index is 12.3. The predicted molar refractivity (Wildman–Crippen MR) is 84.4 cm³/mol. The number of nitrogens with zero attached hydrogens (tertiary/aromatic N) is 1. The Labute approximate surface area is 139 Å². The Balaban J connectivity index is 1.96. The minimum atomic E-state index is -0.687. The second kappa shape index (κ2) is 6.13. The highest BCUT2D eigenvalue weighted by Gasteiger charge is 2.18. The van der Waals surface area contributed by atoms with Gasteiger partial charge < -0.3 is 19.5 Å². The molecule has 2 aromatic carbocycles. The summed E-state index contributed by atoms with van der Waals surface area (Å²) in [6.45, 7) is 0. The molecule has 0 unspecified atom stereocenters. The molecular formula is C16H10BrNO5. The summed E-state index contributed by atoms with van der Waals surface area (Å²) >= 11 is 3.33. The van der Waals surface area contributed by atoms with Crippen molar-refractivity contribution in [1.82, 2.24) is 5.16 Å². The minimum Gasteiger partial charge on any atom is -0.504 e. The Hall–Kier alpha value is -2.80. The normalized spacial score (nSPS) is 10.5. The molecule has 0 fully saturated rings. The number of aromatic nitrogens is 1. The molecule has 3 aromatic rings. The number of aromatic hydroxyl groups is 2. The van der Waals surface area contributed by atoms with Crippen LogP contribution in [0.15, 0.2) is 57.7 Å². The van der Waals surface area contributed by atoms with Crippen LogP contribution in [0.3, 0.4) is 0 Å². The molecule has 116 valence electrons.